The number of benzene rings is 1. The third-order valence-corrected chi connectivity index (χ3v) is 2.59. The van der Waals surface area contributed by atoms with E-state index in [1.54, 1.807) is 0 Å². The Bertz CT molecular complexity index is 328. The molecule has 1 aromatic rings. The van der Waals surface area contributed by atoms with Crippen molar-refractivity contribution >= 4 is 15.9 Å². The van der Waals surface area contributed by atoms with Gasteiger partial charge in [-0.3, -0.25) is 0 Å². The van der Waals surface area contributed by atoms with E-state index in [2.05, 4.69) is 15.9 Å². The third-order valence-electron chi connectivity index (χ3n) is 1.97. The molecule has 1 unspecified atom stereocenters. The number of aliphatic hydroxyl groups excluding tert-OH is 1. The van der Waals surface area contributed by atoms with Crippen LogP contribution in [0.1, 0.15) is 31.4 Å². The van der Waals surface area contributed by atoms with Crippen molar-refractivity contribution in [1.82, 2.24) is 0 Å². The molecule has 0 amide bonds. The first kappa shape index (κ1) is 11.6. The van der Waals surface area contributed by atoms with Crippen LogP contribution in [0.15, 0.2) is 16.6 Å². The molecule has 0 aliphatic heterocycles. The van der Waals surface area contributed by atoms with Gasteiger partial charge in [-0.1, -0.05) is 13.3 Å². The van der Waals surface area contributed by atoms with Crippen molar-refractivity contribution in [1.29, 1.82) is 0 Å². The van der Waals surface area contributed by atoms with Crippen LogP contribution >= 0.6 is 15.9 Å². The van der Waals surface area contributed by atoms with Crippen LogP contribution in [0.25, 0.3) is 0 Å². The predicted molar refractivity (Wildman–Crippen MR) is 53.9 cm³/mol. The number of aliphatic hydroxyl groups is 1. The minimum Gasteiger partial charge on any atom is -0.388 e. The molecule has 1 nitrogen and oxygen atoms in total. The fourth-order valence-corrected chi connectivity index (χ4v) is 1.61. The smallest absolute Gasteiger partial charge is 0.146 e. The topological polar surface area (TPSA) is 20.2 Å². The van der Waals surface area contributed by atoms with Gasteiger partial charge in [-0.2, -0.15) is 0 Å². The normalized spacial score (nSPS) is 12.9. The Morgan fingerprint density at radius 2 is 2.07 bits per heavy atom. The van der Waals surface area contributed by atoms with Gasteiger partial charge in [0.1, 0.15) is 11.6 Å². The molecule has 1 atom stereocenters. The van der Waals surface area contributed by atoms with Gasteiger partial charge < -0.3 is 5.11 Å². The molecule has 1 aromatic carbocycles. The first-order valence-corrected chi connectivity index (χ1v) is 5.18. The van der Waals surface area contributed by atoms with Gasteiger partial charge >= 0.3 is 0 Å². The first-order valence-electron chi connectivity index (χ1n) is 4.39. The lowest BCUT2D eigenvalue weighted by atomic mass is 10.0. The largest absolute Gasteiger partial charge is 0.388 e. The summed E-state index contributed by atoms with van der Waals surface area (Å²) in [6.45, 7) is 1.84. The second kappa shape index (κ2) is 4.84. The van der Waals surface area contributed by atoms with Crippen LogP contribution in [0, 0.1) is 11.6 Å². The van der Waals surface area contributed by atoms with Gasteiger partial charge in [0, 0.05) is 0 Å². The summed E-state index contributed by atoms with van der Waals surface area (Å²) in [5.41, 5.74) is -0.249. The Kier molecular flexibility index (Phi) is 4.01. The van der Waals surface area contributed by atoms with Crippen LogP contribution in [0.3, 0.4) is 0 Å². The minimum atomic E-state index is -1.07. The summed E-state index contributed by atoms with van der Waals surface area (Å²) in [6.07, 6.45) is -0.0471. The molecule has 0 heterocycles. The summed E-state index contributed by atoms with van der Waals surface area (Å²) in [5.74, 6) is -1.42. The molecule has 4 heteroatoms. The van der Waals surface area contributed by atoms with Gasteiger partial charge in [0.25, 0.3) is 0 Å². The molecule has 0 spiro atoms. The Morgan fingerprint density at radius 3 is 2.64 bits per heavy atom. The summed E-state index contributed by atoms with van der Waals surface area (Å²) in [4.78, 5) is 0. The average Bonchev–Trinajstić information content (AvgIpc) is 2.13. The van der Waals surface area contributed by atoms with Gasteiger partial charge in [0.2, 0.25) is 0 Å². The number of rotatable bonds is 3. The predicted octanol–water partition coefficient (Wildman–Crippen LogP) is 3.56. The molecule has 78 valence electrons. The van der Waals surface area contributed by atoms with E-state index in [0.717, 1.165) is 6.07 Å². The van der Waals surface area contributed by atoms with E-state index in [-0.39, 0.29) is 10.0 Å². The summed E-state index contributed by atoms with van der Waals surface area (Å²) in [6, 6.07) is 2.42. The second-order valence-corrected chi connectivity index (χ2v) is 3.92. The average molecular weight is 265 g/mol. The highest BCUT2D eigenvalue weighted by Crippen LogP contribution is 2.28. The van der Waals surface area contributed by atoms with Crippen LogP contribution in [-0.2, 0) is 0 Å². The molecular weight excluding hydrogens is 254 g/mol. The Labute approximate surface area is 89.9 Å². The van der Waals surface area contributed by atoms with Crippen molar-refractivity contribution in [3.8, 4) is 0 Å². The van der Waals surface area contributed by atoms with Crippen molar-refractivity contribution in [3.05, 3.63) is 33.8 Å². The molecule has 1 rings (SSSR count). The van der Waals surface area contributed by atoms with Crippen LogP contribution in [0.4, 0.5) is 8.78 Å². The van der Waals surface area contributed by atoms with Gasteiger partial charge in [-0.15, -0.1) is 0 Å². The molecule has 14 heavy (non-hydrogen) atoms. The molecular formula is C10H11BrF2O. The minimum absolute atomic E-state index is 0.170. The maximum Gasteiger partial charge on any atom is 0.146 e. The molecule has 0 aliphatic rings. The number of halogens is 3. The van der Waals surface area contributed by atoms with Crippen LogP contribution in [0.5, 0.6) is 0 Å². The van der Waals surface area contributed by atoms with Crippen molar-refractivity contribution in [2.45, 2.75) is 25.9 Å². The lowest BCUT2D eigenvalue weighted by Gasteiger charge is -2.12. The fourth-order valence-electron chi connectivity index (χ4n) is 1.27. The molecule has 0 aliphatic carbocycles. The van der Waals surface area contributed by atoms with Crippen molar-refractivity contribution in [3.63, 3.8) is 0 Å². The highest BCUT2D eigenvalue weighted by atomic mass is 79.9. The lowest BCUT2D eigenvalue weighted by Crippen LogP contribution is -2.04. The van der Waals surface area contributed by atoms with E-state index >= 15 is 0 Å². The van der Waals surface area contributed by atoms with E-state index in [9.17, 15) is 13.9 Å². The van der Waals surface area contributed by atoms with E-state index < -0.39 is 17.7 Å². The zero-order valence-corrected chi connectivity index (χ0v) is 9.31. The van der Waals surface area contributed by atoms with Crippen molar-refractivity contribution in [2.75, 3.05) is 0 Å². The Balaban J connectivity index is 3.11. The van der Waals surface area contributed by atoms with Gasteiger partial charge in [-0.25, -0.2) is 8.78 Å². The molecule has 0 saturated carbocycles. The highest BCUT2D eigenvalue weighted by Gasteiger charge is 2.19. The fraction of sp³-hybridized carbons (Fsp3) is 0.400. The van der Waals surface area contributed by atoms with Gasteiger partial charge in [0.15, 0.2) is 0 Å². The van der Waals surface area contributed by atoms with Gasteiger partial charge in [-0.05, 0) is 34.5 Å². The van der Waals surface area contributed by atoms with Crippen LogP contribution in [0.2, 0.25) is 0 Å². The van der Waals surface area contributed by atoms with Gasteiger partial charge in [0.05, 0.1) is 16.1 Å². The number of hydrogen-bond acceptors (Lipinski definition) is 1. The molecule has 1 N–H and O–H groups in total. The summed E-state index contributed by atoms with van der Waals surface area (Å²) in [5, 5.41) is 9.51. The van der Waals surface area contributed by atoms with Crippen LogP contribution in [-0.4, -0.2) is 5.11 Å². The van der Waals surface area contributed by atoms with E-state index in [1.165, 1.54) is 6.07 Å². The van der Waals surface area contributed by atoms with E-state index in [0.29, 0.717) is 12.8 Å². The standard InChI is InChI=1S/C10H11BrF2O/c1-2-3-8(14)9-7(12)5-4-6(11)10(9)13/h4-5,8,14H,2-3H2,1H3. The van der Waals surface area contributed by atoms with Crippen molar-refractivity contribution < 1.29 is 13.9 Å². The quantitative estimate of drug-likeness (QED) is 0.828. The number of hydrogen-bond donors (Lipinski definition) is 1. The summed E-state index contributed by atoms with van der Waals surface area (Å²) in [7, 11) is 0. The lowest BCUT2D eigenvalue weighted by molar-refractivity contribution is 0.156. The zero-order chi connectivity index (χ0) is 10.7. The molecule has 0 radical (unpaired) electrons. The molecule has 0 fully saturated rings. The maximum atomic E-state index is 13.4. The summed E-state index contributed by atoms with van der Waals surface area (Å²) < 4.78 is 26.7. The Hall–Kier alpha value is -0.480. The van der Waals surface area contributed by atoms with Crippen LogP contribution < -0.4 is 0 Å². The Morgan fingerprint density at radius 1 is 1.43 bits per heavy atom. The first-order chi connectivity index (χ1) is 6.57. The molecule has 0 bridgehead atoms. The highest BCUT2D eigenvalue weighted by molar-refractivity contribution is 9.10. The second-order valence-electron chi connectivity index (χ2n) is 3.06. The monoisotopic (exact) mass is 264 g/mol. The molecule has 0 aromatic heterocycles. The molecule has 0 saturated heterocycles. The van der Waals surface area contributed by atoms with Crippen molar-refractivity contribution in [2.24, 2.45) is 0 Å². The SMILES string of the molecule is CCCC(O)c1c(F)ccc(Br)c1F. The maximum absolute atomic E-state index is 13.4. The van der Waals surface area contributed by atoms with E-state index in [4.69, 9.17) is 0 Å². The zero-order valence-electron chi connectivity index (χ0n) is 7.73. The van der Waals surface area contributed by atoms with E-state index in [1.807, 2.05) is 6.92 Å². The third kappa shape index (κ3) is 2.30. The summed E-state index contributed by atoms with van der Waals surface area (Å²) >= 11 is 2.95.